The summed E-state index contributed by atoms with van der Waals surface area (Å²) < 4.78 is 2.22. The molecule has 2 aliphatic rings. The maximum atomic E-state index is 12.2. The highest BCUT2D eigenvalue weighted by Crippen LogP contribution is 2.33. The van der Waals surface area contributed by atoms with E-state index in [-0.39, 0.29) is 30.6 Å². The van der Waals surface area contributed by atoms with Crippen molar-refractivity contribution in [1.82, 2.24) is 29.5 Å². The van der Waals surface area contributed by atoms with Crippen molar-refractivity contribution in [3.05, 3.63) is 24.5 Å². The maximum Gasteiger partial charge on any atom is 0.227 e. The maximum absolute atomic E-state index is 12.2. The normalized spacial score (nSPS) is 20.3. The molecule has 12 heteroatoms. The summed E-state index contributed by atoms with van der Waals surface area (Å²) >= 11 is 0. The second-order valence-electron chi connectivity index (χ2n) is 9.31. The fourth-order valence-corrected chi connectivity index (χ4v) is 4.99. The third kappa shape index (κ3) is 6.42. The minimum Gasteiger partial charge on any atom is -0.368 e. The van der Waals surface area contributed by atoms with Crippen LogP contribution in [0.25, 0.3) is 11.2 Å². The number of carbonyl (C=O) groups excluding carboxylic acids is 1. The Bertz CT molecular complexity index is 1070. The quantitative estimate of drug-likeness (QED) is 0.241. The van der Waals surface area contributed by atoms with E-state index in [0.29, 0.717) is 49.3 Å². The van der Waals surface area contributed by atoms with Crippen LogP contribution in [0.3, 0.4) is 0 Å². The molecule has 0 aromatic carbocycles. The molecule has 10 nitrogen and oxygen atoms in total. The first-order valence-corrected chi connectivity index (χ1v) is 12.2. The molecule has 0 aliphatic heterocycles. The van der Waals surface area contributed by atoms with Gasteiger partial charge in [-0.25, -0.2) is 9.97 Å². The summed E-state index contributed by atoms with van der Waals surface area (Å²) in [7, 11) is 0. The number of carbonyl (C=O) groups is 1. The number of hydrogen-bond donors (Lipinski definition) is 4. The lowest BCUT2D eigenvalue weighted by molar-refractivity contribution is 0.0972. The lowest BCUT2D eigenvalue weighted by Crippen LogP contribution is -2.33. The highest BCUT2D eigenvalue weighted by molar-refractivity contribution is 5.92. The van der Waals surface area contributed by atoms with Crippen LogP contribution in [-0.2, 0) is 0 Å². The fourth-order valence-electron chi connectivity index (χ4n) is 4.99. The van der Waals surface area contributed by atoms with Gasteiger partial charge >= 0.3 is 0 Å². The average molecular weight is 525 g/mol. The van der Waals surface area contributed by atoms with E-state index in [1.807, 2.05) is 6.33 Å². The van der Waals surface area contributed by atoms with E-state index in [1.165, 1.54) is 12.8 Å². The summed E-state index contributed by atoms with van der Waals surface area (Å²) in [5.41, 5.74) is 7.74. The van der Waals surface area contributed by atoms with Gasteiger partial charge in [-0.15, -0.1) is 24.8 Å². The summed E-state index contributed by atoms with van der Waals surface area (Å²) in [6, 6.07) is 1.09. The van der Waals surface area contributed by atoms with Crippen LogP contribution in [0.2, 0.25) is 0 Å². The predicted molar refractivity (Wildman–Crippen MR) is 142 cm³/mol. The number of imidazole rings is 2. The standard InChI is InChI=1S/C23H33N9O.2ClH/c24-15-7-9-16(10-8-15)29-23-30-21(25-11-3-6-18(33)20-26-12-13-27-20)19-22(31-23)32(14-28-19)17-4-1-2-5-17;;/h12-17H,1-11,24H2,(H,26,27)(H2,25,29,30,31);2*1H. The minimum atomic E-state index is 0. The van der Waals surface area contributed by atoms with Crippen LogP contribution < -0.4 is 16.4 Å². The van der Waals surface area contributed by atoms with Crippen molar-refractivity contribution >= 4 is 53.5 Å². The number of hydrogen-bond acceptors (Lipinski definition) is 8. The topological polar surface area (TPSA) is 139 Å². The van der Waals surface area contributed by atoms with Gasteiger partial charge in [0.1, 0.15) is 0 Å². The smallest absolute Gasteiger partial charge is 0.227 e. The summed E-state index contributed by atoms with van der Waals surface area (Å²) in [5, 5.41) is 6.95. The Kier molecular flexibility index (Phi) is 9.71. The molecule has 2 aliphatic carbocycles. The third-order valence-electron chi connectivity index (χ3n) is 6.88. The van der Waals surface area contributed by atoms with Crippen molar-refractivity contribution in [3.8, 4) is 0 Å². The molecule has 192 valence electrons. The lowest BCUT2D eigenvalue weighted by atomic mass is 9.92. The number of Topliss-reactive ketones (excluding diaryl/α,β-unsaturated/α-hetero) is 1. The second-order valence-corrected chi connectivity index (χ2v) is 9.31. The van der Waals surface area contributed by atoms with E-state index >= 15 is 0 Å². The van der Waals surface area contributed by atoms with E-state index in [9.17, 15) is 4.79 Å². The van der Waals surface area contributed by atoms with Crippen molar-refractivity contribution in [2.24, 2.45) is 5.73 Å². The van der Waals surface area contributed by atoms with Gasteiger partial charge in [0, 0.05) is 43.5 Å². The summed E-state index contributed by atoms with van der Waals surface area (Å²) in [6.45, 7) is 0.618. The number of rotatable bonds is 9. The van der Waals surface area contributed by atoms with E-state index in [2.05, 4.69) is 30.2 Å². The first kappa shape index (κ1) is 27.2. The van der Waals surface area contributed by atoms with Crippen LogP contribution in [0.5, 0.6) is 0 Å². The second kappa shape index (κ2) is 12.5. The van der Waals surface area contributed by atoms with Crippen molar-refractivity contribution < 1.29 is 4.79 Å². The average Bonchev–Trinajstić information content (AvgIpc) is 3.59. The van der Waals surface area contributed by atoms with Gasteiger partial charge in [0.2, 0.25) is 5.95 Å². The number of anilines is 2. The Morgan fingerprint density at radius 2 is 1.86 bits per heavy atom. The zero-order chi connectivity index (χ0) is 22.6. The molecule has 0 radical (unpaired) electrons. The highest BCUT2D eigenvalue weighted by Gasteiger charge is 2.23. The van der Waals surface area contributed by atoms with Crippen LogP contribution in [0.4, 0.5) is 11.8 Å². The predicted octanol–water partition coefficient (Wildman–Crippen LogP) is 4.26. The van der Waals surface area contributed by atoms with Crippen molar-refractivity contribution in [2.45, 2.75) is 82.3 Å². The van der Waals surface area contributed by atoms with Gasteiger partial charge < -0.3 is 25.9 Å². The molecule has 0 amide bonds. The molecule has 0 atom stereocenters. The highest BCUT2D eigenvalue weighted by atomic mass is 35.5. The molecule has 0 saturated heterocycles. The summed E-state index contributed by atoms with van der Waals surface area (Å²) in [4.78, 5) is 33.4. The number of fused-ring (bicyclic) bond motifs is 1. The van der Waals surface area contributed by atoms with Gasteiger partial charge in [0.15, 0.2) is 28.6 Å². The lowest BCUT2D eigenvalue weighted by Gasteiger charge is -2.27. The van der Waals surface area contributed by atoms with Crippen molar-refractivity contribution in [2.75, 3.05) is 17.2 Å². The molecule has 2 fully saturated rings. The number of nitrogens with two attached hydrogens (primary N) is 1. The zero-order valence-electron chi connectivity index (χ0n) is 19.8. The number of nitrogens with one attached hydrogen (secondary N) is 3. The minimum absolute atomic E-state index is 0. The number of aromatic amines is 1. The number of halogens is 2. The van der Waals surface area contributed by atoms with Crippen LogP contribution >= 0.6 is 24.8 Å². The van der Waals surface area contributed by atoms with E-state index in [4.69, 9.17) is 15.7 Å². The van der Waals surface area contributed by atoms with Gasteiger partial charge in [-0.2, -0.15) is 9.97 Å². The SMILES string of the molecule is Cl.Cl.NC1CCC(Nc2nc(NCCCC(=O)c3ncc[nH]3)c3ncn(C4CCCC4)c3n2)CC1. The van der Waals surface area contributed by atoms with Crippen LogP contribution in [0.1, 0.15) is 80.9 Å². The summed E-state index contributed by atoms with van der Waals surface area (Å²) in [6.07, 6.45) is 15.2. The van der Waals surface area contributed by atoms with E-state index in [1.54, 1.807) is 12.4 Å². The van der Waals surface area contributed by atoms with Gasteiger partial charge in [-0.1, -0.05) is 12.8 Å². The Morgan fingerprint density at radius 1 is 1.09 bits per heavy atom. The molecular formula is C23H35Cl2N9O. The van der Waals surface area contributed by atoms with Crippen LogP contribution in [-0.4, -0.2) is 53.9 Å². The molecule has 5 N–H and O–H groups in total. The Labute approximate surface area is 217 Å². The molecule has 35 heavy (non-hydrogen) atoms. The van der Waals surface area contributed by atoms with E-state index in [0.717, 1.165) is 55.5 Å². The Balaban J connectivity index is 0.00000171. The van der Waals surface area contributed by atoms with Crippen LogP contribution in [0, 0.1) is 0 Å². The Morgan fingerprint density at radius 3 is 2.57 bits per heavy atom. The van der Waals surface area contributed by atoms with Crippen LogP contribution in [0.15, 0.2) is 18.7 Å². The van der Waals surface area contributed by atoms with Gasteiger partial charge in [0.05, 0.1) is 6.33 Å². The molecule has 2 saturated carbocycles. The number of aromatic nitrogens is 6. The number of nitrogens with zero attached hydrogens (tertiary/aromatic N) is 5. The molecule has 3 aromatic heterocycles. The fraction of sp³-hybridized carbons (Fsp3) is 0.609. The first-order chi connectivity index (χ1) is 16.2. The van der Waals surface area contributed by atoms with Gasteiger partial charge in [-0.3, -0.25) is 4.79 Å². The van der Waals surface area contributed by atoms with Gasteiger partial charge in [0.25, 0.3) is 0 Å². The largest absolute Gasteiger partial charge is 0.368 e. The number of ketones is 1. The molecular weight excluding hydrogens is 489 g/mol. The molecule has 5 rings (SSSR count). The summed E-state index contributed by atoms with van der Waals surface area (Å²) in [5.74, 6) is 1.78. The molecule has 3 heterocycles. The van der Waals surface area contributed by atoms with E-state index < -0.39 is 0 Å². The first-order valence-electron chi connectivity index (χ1n) is 12.2. The third-order valence-corrected chi connectivity index (χ3v) is 6.88. The number of H-pyrrole nitrogens is 1. The zero-order valence-corrected chi connectivity index (χ0v) is 21.4. The molecule has 0 bridgehead atoms. The monoisotopic (exact) mass is 523 g/mol. The molecule has 3 aromatic rings. The van der Waals surface area contributed by atoms with Crippen molar-refractivity contribution in [1.29, 1.82) is 0 Å². The Hall–Kier alpha value is -2.43. The molecule has 0 unspecified atom stereocenters. The van der Waals surface area contributed by atoms with Gasteiger partial charge in [-0.05, 0) is 44.9 Å². The molecule has 0 spiro atoms. The van der Waals surface area contributed by atoms with Crippen molar-refractivity contribution in [3.63, 3.8) is 0 Å².